The second-order valence-electron chi connectivity index (χ2n) is 6.02. The summed E-state index contributed by atoms with van der Waals surface area (Å²) in [6, 6.07) is 4.78. The predicted molar refractivity (Wildman–Crippen MR) is 98.0 cm³/mol. The average molecular weight is 375 g/mol. The molecule has 0 radical (unpaired) electrons. The Morgan fingerprint density at radius 2 is 2.21 bits per heavy atom. The maximum atomic E-state index is 12.2. The summed E-state index contributed by atoms with van der Waals surface area (Å²) in [5.41, 5.74) is 0.871. The van der Waals surface area contributed by atoms with Crippen molar-refractivity contribution in [2.24, 2.45) is 11.8 Å². The number of nitrogens with one attached hydrogen (secondary N) is 2. The van der Waals surface area contributed by atoms with Crippen LogP contribution in [0.2, 0.25) is 5.02 Å². The van der Waals surface area contributed by atoms with Gasteiger partial charge < -0.3 is 15.4 Å². The van der Waals surface area contributed by atoms with E-state index < -0.39 is 5.97 Å². The van der Waals surface area contributed by atoms with Gasteiger partial charge in [0.2, 0.25) is 5.91 Å². The SMILES string of the molecule is COC(=O)c1ccc(NC(=O)CC(C)C2CCCNC2)cc1Cl.Cl. The molecule has 1 aliphatic rings. The lowest BCUT2D eigenvalue weighted by Gasteiger charge is -2.28. The molecule has 134 valence electrons. The van der Waals surface area contributed by atoms with E-state index in [9.17, 15) is 9.59 Å². The van der Waals surface area contributed by atoms with Crippen molar-refractivity contribution < 1.29 is 14.3 Å². The molecule has 2 N–H and O–H groups in total. The summed E-state index contributed by atoms with van der Waals surface area (Å²) in [4.78, 5) is 23.7. The number of ether oxygens (including phenoxy) is 1. The Bertz CT molecular complexity index is 575. The molecule has 1 aromatic rings. The third-order valence-electron chi connectivity index (χ3n) is 4.31. The van der Waals surface area contributed by atoms with Crippen LogP contribution in [0.3, 0.4) is 0 Å². The Hall–Kier alpha value is -1.30. The molecule has 1 saturated heterocycles. The maximum absolute atomic E-state index is 12.2. The molecule has 0 spiro atoms. The van der Waals surface area contributed by atoms with Crippen molar-refractivity contribution in [2.75, 3.05) is 25.5 Å². The van der Waals surface area contributed by atoms with Crippen molar-refractivity contribution in [3.8, 4) is 0 Å². The molecule has 7 heteroatoms. The number of carbonyl (C=O) groups is 2. The van der Waals surface area contributed by atoms with Crippen LogP contribution in [0.4, 0.5) is 5.69 Å². The van der Waals surface area contributed by atoms with Gasteiger partial charge in [-0.1, -0.05) is 18.5 Å². The highest BCUT2D eigenvalue weighted by molar-refractivity contribution is 6.33. The van der Waals surface area contributed by atoms with Gasteiger partial charge in [-0.05, 0) is 56.0 Å². The van der Waals surface area contributed by atoms with Crippen LogP contribution in [0.25, 0.3) is 0 Å². The zero-order valence-electron chi connectivity index (χ0n) is 13.9. The third-order valence-corrected chi connectivity index (χ3v) is 4.62. The van der Waals surface area contributed by atoms with E-state index in [1.54, 1.807) is 18.2 Å². The van der Waals surface area contributed by atoms with E-state index in [4.69, 9.17) is 11.6 Å². The molecule has 1 heterocycles. The van der Waals surface area contributed by atoms with Crippen molar-refractivity contribution in [3.05, 3.63) is 28.8 Å². The first-order valence-electron chi connectivity index (χ1n) is 7.89. The molecule has 1 amide bonds. The van der Waals surface area contributed by atoms with E-state index in [1.807, 2.05) is 0 Å². The number of hydrogen-bond acceptors (Lipinski definition) is 4. The van der Waals surface area contributed by atoms with E-state index >= 15 is 0 Å². The fourth-order valence-corrected chi connectivity index (χ4v) is 3.16. The molecule has 2 unspecified atom stereocenters. The summed E-state index contributed by atoms with van der Waals surface area (Å²) in [5.74, 6) is 0.337. The van der Waals surface area contributed by atoms with E-state index in [2.05, 4.69) is 22.3 Å². The fraction of sp³-hybridized carbons (Fsp3) is 0.529. The molecule has 1 fully saturated rings. The van der Waals surface area contributed by atoms with Gasteiger partial charge in [-0.25, -0.2) is 4.79 Å². The minimum absolute atomic E-state index is 0. The summed E-state index contributed by atoms with van der Waals surface area (Å²) in [5, 5.41) is 6.48. The quantitative estimate of drug-likeness (QED) is 0.773. The van der Waals surface area contributed by atoms with Gasteiger partial charge in [0.25, 0.3) is 0 Å². The molecule has 0 aromatic heterocycles. The van der Waals surface area contributed by atoms with Crippen LogP contribution in [0.5, 0.6) is 0 Å². The number of piperidine rings is 1. The average Bonchev–Trinajstić information content (AvgIpc) is 2.55. The zero-order chi connectivity index (χ0) is 16.8. The van der Waals surface area contributed by atoms with Crippen molar-refractivity contribution in [1.82, 2.24) is 5.32 Å². The monoisotopic (exact) mass is 374 g/mol. The topological polar surface area (TPSA) is 67.4 Å². The first-order valence-corrected chi connectivity index (χ1v) is 8.27. The number of esters is 1. The van der Waals surface area contributed by atoms with Crippen molar-refractivity contribution >= 4 is 41.6 Å². The zero-order valence-corrected chi connectivity index (χ0v) is 15.5. The van der Waals surface area contributed by atoms with Crippen molar-refractivity contribution in [2.45, 2.75) is 26.2 Å². The van der Waals surface area contributed by atoms with Gasteiger partial charge in [0.05, 0.1) is 17.7 Å². The first kappa shape index (κ1) is 20.7. The number of amides is 1. The van der Waals surface area contributed by atoms with Gasteiger partial charge in [0, 0.05) is 12.1 Å². The highest BCUT2D eigenvalue weighted by atomic mass is 35.5. The Morgan fingerprint density at radius 3 is 2.79 bits per heavy atom. The molecule has 2 rings (SSSR count). The van der Waals surface area contributed by atoms with Gasteiger partial charge in [0.1, 0.15) is 0 Å². The largest absolute Gasteiger partial charge is 0.465 e. The highest BCUT2D eigenvalue weighted by Crippen LogP contribution is 2.25. The molecule has 1 aromatic carbocycles. The first-order chi connectivity index (χ1) is 11.0. The van der Waals surface area contributed by atoms with Gasteiger partial charge >= 0.3 is 5.97 Å². The van der Waals surface area contributed by atoms with Crippen LogP contribution < -0.4 is 10.6 Å². The molecule has 5 nitrogen and oxygen atoms in total. The van der Waals surface area contributed by atoms with Crippen LogP contribution >= 0.6 is 24.0 Å². The number of halogens is 2. The number of carbonyl (C=O) groups excluding carboxylic acids is 2. The second kappa shape index (κ2) is 9.87. The van der Waals surface area contributed by atoms with Crippen molar-refractivity contribution in [1.29, 1.82) is 0 Å². The molecule has 0 aliphatic carbocycles. The highest BCUT2D eigenvalue weighted by Gasteiger charge is 2.22. The smallest absolute Gasteiger partial charge is 0.339 e. The normalized spacial score (nSPS) is 18.2. The lowest BCUT2D eigenvalue weighted by Crippen LogP contribution is -2.34. The van der Waals surface area contributed by atoms with Crippen LogP contribution in [0.1, 0.15) is 36.5 Å². The van der Waals surface area contributed by atoms with E-state index in [-0.39, 0.29) is 28.9 Å². The van der Waals surface area contributed by atoms with Crippen LogP contribution in [-0.2, 0) is 9.53 Å². The number of methoxy groups -OCH3 is 1. The Kier molecular flexibility index (Phi) is 8.53. The Labute approximate surface area is 153 Å². The number of anilines is 1. The summed E-state index contributed by atoms with van der Waals surface area (Å²) in [6.07, 6.45) is 2.81. The van der Waals surface area contributed by atoms with Gasteiger partial charge in [-0.2, -0.15) is 0 Å². The third kappa shape index (κ3) is 5.65. The van der Waals surface area contributed by atoms with Crippen molar-refractivity contribution in [3.63, 3.8) is 0 Å². The number of hydrogen-bond donors (Lipinski definition) is 2. The summed E-state index contributed by atoms with van der Waals surface area (Å²) < 4.78 is 4.64. The maximum Gasteiger partial charge on any atom is 0.339 e. The van der Waals surface area contributed by atoms with Gasteiger partial charge in [-0.3, -0.25) is 4.79 Å². The van der Waals surface area contributed by atoms with Crippen LogP contribution in [0.15, 0.2) is 18.2 Å². The minimum Gasteiger partial charge on any atom is -0.465 e. The van der Waals surface area contributed by atoms with E-state index in [1.165, 1.54) is 20.0 Å². The molecule has 24 heavy (non-hydrogen) atoms. The molecule has 0 bridgehead atoms. The van der Waals surface area contributed by atoms with Gasteiger partial charge in [0.15, 0.2) is 0 Å². The molecular formula is C17H24Cl2N2O3. The summed E-state index contributed by atoms with van der Waals surface area (Å²) >= 11 is 6.05. The van der Waals surface area contributed by atoms with E-state index in [0.29, 0.717) is 23.9 Å². The van der Waals surface area contributed by atoms with E-state index in [0.717, 1.165) is 13.1 Å². The Balaban J connectivity index is 0.00000288. The predicted octanol–water partition coefficient (Wildman–Crippen LogP) is 3.51. The summed E-state index contributed by atoms with van der Waals surface area (Å²) in [6.45, 7) is 4.17. The lowest BCUT2D eigenvalue weighted by atomic mass is 9.85. The fourth-order valence-electron chi connectivity index (χ4n) is 2.90. The Morgan fingerprint density at radius 1 is 1.46 bits per heavy atom. The second-order valence-corrected chi connectivity index (χ2v) is 6.43. The van der Waals surface area contributed by atoms with Crippen LogP contribution in [-0.4, -0.2) is 32.1 Å². The molecule has 1 aliphatic heterocycles. The van der Waals surface area contributed by atoms with Crippen LogP contribution in [0, 0.1) is 11.8 Å². The molecular weight excluding hydrogens is 351 g/mol. The molecule has 0 saturated carbocycles. The minimum atomic E-state index is -0.494. The standard InChI is InChI=1S/C17H23ClN2O3.ClH/c1-11(12-4-3-7-19-10-12)8-16(21)20-13-5-6-14(15(18)9-13)17(22)23-2;/h5-6,9,11-12,19H,3-4,7-8,10H2,1-2H3,(H,20,21);1H. The number of benzene rings is 1. The molecule has 2 atom stereocenters. The number of rotatable bonds is 5. The lowest BCUT2D eigenvalue weighted by molar-refractivity contribution is -0.117. The van der Waals surface area contributed by atoms with Gasteiger partial charge in [-0.15, -0.1) is 12.4 Å². The summed E-state index contributed by atoms with van der Waals surface area (Å²) in [7, 11) is 1.30.